The van der Waals surface area contributed by atoms with Gasteiger partial charge in [0.05, 0.1) is 7.11 Å². The largest absolute Gasteiger partial charge is 0.497 e. The van der Waals surface area contributed by atoms with Crippen molar-refractivity contribution < 1.29 is 14.3 Å². The van der Waals surface area contributed by atoms with Crippen molar-refractivity contribution in [2.24, 2.45) is 0 Å². The SMILES string of the molecule is CCCN(CC(=O)N(CCc1c[nH]c2ccccc12)Cc1ccc(OC)cc1)C(=O)Nc1ccc(CC)cc1. The number of aromatic amines is 1. The molecule has 204 valence electrons. The molecule has 3 amide bonds. The van der Waals surface area contributed by atoms with Crippen LogP contribution < -0.4 is 10.1 Å². The Morgan fingerprint density at radius 1 is 0.872 bits per heavy atom. The van der Waals surface area contributed by atoms with Crippen LogP contribution in [0.2, 0.25) is 0 Å². The minimum atomic E-state index is -0.268. The number of aryl methyl sites for hydroxylation is 1. The summed E-state index contributed by atoms with van der Waals surface area (Å²) in [6, 6.07) is 23.5. The van der Waals surface area contributed by atoms with Gasteiger partial charge in [-0.05, 0) is 66.3 Å². The molecule has 0 bridgehead atoms. The van der Waals surface area contributed by atoms with Crippen molar-refractivity contribution in [1.82, 2.24) is 14.8 Å². The molecule has 0 fully saturated rings. The third-order valence-corrected chi connectivity index (χ3v) is 6.93. The zero-order chi connectivity index (χ0) is 27.6. The molecule has 0 aliphatic heterocycles. The van der Waals surface area contributed by atoms with Gasteiger partial charge in [-0.3, -0.25) is 4.79 Å². The summed E-state index contributed by atoms with van der Waals surface area (Å²) < 4.78 is 5.29. The van der Waals surface area contributed by atoms with E-state index in [1.807, 2.05) is 78.7 Å². The van der Waals surface area contributed by atoms with E-state index in [0.717, 1.165) is 46.3 Å². The third-order valence-electron chi connectivity index (χ3n) is 6.93. The molecule has 0 saturated heterocycles. The molecular weight excluding hydrogens is 488 g/mol. The van der Waals surface area contributed by atoms with E-state index in [4.69, 9.17) is 4.74 Å². The Morgan fingerprint density at radius 3 is 2.28 bits per heavy atom. The number of benzene rings is 3. The molecule has 0 radical (unpaired) electrons. The molecular formula is C32H38N4O3. The smallest absolute Gasteiger partial charge is 0.322 e. The highest BCUT2D eigenvalue weighted by Gasteiger charge is 2.22. The first-order valence-corrected chi connectivity index (χ1v) is 13.6. The first-order chi connectivity index (χ1) is 19.0. The summed E-state index contributed by atoms with van der Waals surface area (Å²) in [7, 11) is 1.64. The number of nitrogens with one attached hydrogen (secondary N) is 2. The number of fused-ring (bicyclic) bond motifs is 1. The van der Waals surface area contributed by atoms with Crippen molar-refractivity contribution in [1.29, 1.82) is 0 Å². The minimum absolute atomic E-state index is 0.0107. The number of urea groups is 1. The summed E-state index contributed by atoms with van der Waals surface area (Å²) in [6.45, 7) is 5.59. The van der Waals surface area contributed by atoms with Crippen LogP contribution in [0.4, 0.5) is 10.5 Å². The molecule has 0 unspecified atom stereocenters. The molecule has 1 aromatic heterocycles. The van der Waals surface area contributed by atoms with Crippen LogP contribution in [-0.4, -0.2) is 53.5 Å². The normalized spacial score (nSPS) is 10.8. The molecule has 0 saturated carbocycles. The predicted octanol–water partition coefficient (Wildman–Crippen LogP) is 6.25. The van der Waals surface area contributed by atoms with Gasteiger partial charge < -0.3 is 24.8 Å². The number of carbonyl (C=O) groups excluding carboxylic acids is 2. The molecule has 2 N–H and O–H groups in total. The zero-order valence-corrected chi connectivity index (χ0v) is 23.1. The van der Waals surface area contributed by atoms with Crippen molar-refractivity contribution in [2.45, 2.75) is 39.7 Å². The molecule has 7 nitrogen and oxygen atoms in total. The Bertz CT molecular complexity index is 1360. The quantitative estimate of drug-likeness (QED) is 0.229. The highest BCUT2D eigenvalue weighted by molar-refractivity contribution is 5.92. The highest BCUT2D eigenvalue weighted by atomic mass is 16.5. The maximum Gasteiger partial charge on any atom is 0.322 e. The maximum atomic E-state index is 13.7. The number of methoxy groups -OCH3 is 1. The summed E-state index contributed by atoms with van der Waals surface area (Å²) in [5.74, 6) is 0.684. The fraction of sp³-hybridized carbons (Fsp3) is 0.312. The number of ether oxygens (including phenoxy) is 1. The van der Waals surface area contributed by atoms with Crippen molar-refractivity contribution in [3.63, 3.8) is 0 Å². The molecule has 4 aromatic rings. The number of carbonyl (C=O) groups is 2. The number of nitrogens with zero attached hydrogens (tertiary/aromatic N) is 2. The van der Waals surface area contributed by atoms with E-state index < -0.39 is 0 Å². The topological polar surface area (TPSA) is 77.7 Å². The highest BCUT2D eigenvalue weighted by Crippen LogP contribution is 2.20. The Balaban J connectivity index is 1.49. The van der Waals surface area contributed by atoms with Crippen LogP contribution in [0.5, 0.6) is 5.75 Å². The monoisotopic (exact) mass is 526 g/mol. The van der Waals surface area contributed by atoms with E-state index in [-0.39, 0.29) is 18.5 Å². The van der Waals surface area contributed by atoms with Crippen LogP contribution in [0.25, 0.3) is 10.9 Å². The molecule has 4 rings (SSSR count). The summed E-state index contributed by atoms with van der Waals surface area (Å²) in [4.78, 5) is 33.6. The summed E-state index contributed by atoms with van der Waals surface area (Å²) in [5, 5.41) is 4.12. The molecule has 0 aliphatic carbocycles. The molecule has 0 aliphatic rings. The van der Waals surface area contributed by atoms with Crippen molar-refractivity contribution >= 4 is 28.5 Å². The van der Waals surface area contributed by atoms with Crippen LogP contribution in [0.1, 0.15) is 37.0 Å². The van der Waals surface area contributed by atoms with Gasteiger partial charge in [0.1, 0.15) is 12.3 Å². The number of aromatic nitrogens is 1. The van der Waals surface area contributed by atoms with Crippen LogP contribution in [0.3, 0.4) is 0 Å². The second-order valence-corrected chi connectivity index (χ2v) is 9.68. The standard InChI is InChI=1S/C32H38N4O3/c1-4-19-36(32(38)34-27-14-10-24(5-2)11-15-27)23-31(37)35(22-25-12-16-28(39-3)17-13-25)20-18-26-21-33-30-9-7-6-8-29(26)30/h6-17,21,33H,4-5,18-20,22-23H2,1-3H3,(H,34,38). The van der Waals surface area contributed by atoms with Crippen LogP contribution in [0.15, 0.2) is 79.0 Å². The third kappa shape index (κ3) is 7.41. The lowest BCUT2D eigenvalue weighted by atomic mass is 10.1. The lowest BCUT2D eigenvalue weighted by molar-refractivity contribution is -0.132. The second kappa shape index (κ2) is 13.5. The lowest BCUT2D eigenvalue weighted by Gasteiger charge is -2.28. The van der Waals surface area contributed by atoms with Gasteiger partial charge in [0, 0.05) is 42.4 Å². The van der Waals surface area contributed by atoms with E-state index >= 15 is 0 Å². The summed E-state index contributed by atoms with van der Waals surface area (Å²) in [6.07, 6.45) is 4.41. The zero-order valence-electron chi connectivity index (χ0n) is 23.1. The fourth-order valence-electron chi connectivity index (χ4n) is 4.65. The first-order valence-electron chi connectivity index (χ1n) is 13.6. The minimum Gasteiger partial charge on any atom is -0.497 e. The van der Waals surface area contributed by atoms with Gasteiger partial charge in [-0.1, -0.05) is 56.3 Å². The van der Waals surface area contributed by atoms with Gasteiger partial charge in [-0.15, -0.1) is 0 Å². The van der Waals surface area contributed by atoms with Gasteiger partial charge in [0.15, 0.2) is 0 Å². The van der Waals surface area contributed by atoms with Crippen molar-refractivity contribution in [3.05, 3.63) is 95.7 Å². The maximum absolute atomic E-state index is 13.7. The Hall–Kier alpha value is -4.26. The number of amides is 3. The van der Waals surface area contributed by atoms with Crippen molar-refractivity contribution in [2.75, 3.05) is 32.1 Å². The van der Waals surface area contributed by atoms with Gasteiger partial charge in [-0.25, -0.2) is 4.79 Å². The van der Waals surface area contributed by atoms with Gasteiger partial charge in [0.25, 0.3) is 0 Å². The van der Waals surface area contributed by atoms with E-state index in [2.05, 4.69) is 29.4 Å². The average molecular weight is 527 g/mol. The second-order valence-electron chi connectivity index (χ2n) is 9.68. The van der Waals surface area contributed by atoms with E-state index in [9.17, 15) is 9.59 Å². The van der Waals surface area contributed by atoms with Crippen LogP contribution in [-0.2, 0) is 24.2 Å². The Labute approximate surface area is 230 Å². The van der Waals surface area contributed by atoms with Gasteiger partial charge in [-0.2, -0.15) is 0 Å². The number of rotatable bonds is 12. The number of para-hydroxylation sites is 1. The van der Waals surface area contributed by atoms with E-state index in [1.54, 1.807) is 12.0 Å². The van der Waals surface area contributed by atoms with Gasteiger partial charge >= 0.3 is 6.03 Å². The predicted molar refractivity (Wildman–Crippen MR) is 157 cm³/mol. The Kier molecular flexibility index (Phi) is 9.62. The summed E-state index contributed by atoms with van der Waals surface area (Å²) in [5.41, 5.74) is 5.18. The molecule has 0 atom stereocenters. The van der Waals surface area contributed by atoms with Crippen molar-refractivity contribution in [3.8, 4) is 5.75 Å². The Morgan fingerprint density at radius 2 is 1.59 bits per heavy atom. The van der Waals surface area contributed by atoms with E-state index in [1.165, 1.54) is 5.56 Å². The molecule has 0 spiro atoms. The number of hydrogen-bond acceptors (Lipinski definition) is 3. The molecule has 7 heteroatoms. The number of hydrogen-bond donors (Lipinski definition) is 2. The van der Waals surface area contributed by atoms with Gasteiger partial charge in [0.2, 0.25) is 5.91 Å². The number of anilines is 1. The number of H-pyrrole nitrogens is 1. The molecule has 1 heterocycles. The molecule has 39 heavy (non-hydrogen) atoms. The first kappa shape index (κ1) is 27.8. The van der Waals surface area contributed by atoms with Crippen LogP contribution in [0, 0.1) is 0 Å². The average Bonchev–Trinajstić information content (AvgIpc) is 3.38. The van der Waals surface area contributed by atoms with Crippen LogP contribution >= 0.6 is 0 Å². The molecule has 3 aromatic carbocycles. The summed E-state index contributed by atoms with van der Waals surface area (Å²) >= 11 is 0. The fourth-order valence-corrected chi connectivity index (χ4v) is 4.65. The lowest BCUT2D eigenvalue weighted by Crippen LogP contribution is -2.45. The van der Waals surface area contributed by atoms with E-state index in [0.29, 0.717) is 26.1 Å².